The van der Waals surface area contributed by atoms with Crippen LogP contribution in [0.1, 0.15) is 16.7 Å². The van der Waals surface area contributed by atoms with Gasteiger partial charge in [0.15, 0.2) is 0 Å². The van der Waals surface area contributed by atoms with Crippen LogP contribution in [0, 0.1) is 0 Å². The molecule has 7 nitrogen and oxygen atoms in total. The number of amides is 2. The molecule has 0 saturated carbocycles. The molecule has 1 heterocycles. The molecule has 4 rings (SSSR count). The van der Waals surface area contributed by atoms with Crippen LogP contribution in [0.25, 0.3) is 6.08 Å². The molecule has 0 spiro atoms. The topological polar surface area (TPSA) is 79.9 Å². The summed E-state index contributed by atoms with van der Waals surface area (Å²) in [5.41, 5.74) is -3.08. The highest BCUT2D eigenvalue weighted by atomic mass is 35.5. The van der Waals surface area contributed by atoms with Gasteiger partial charge in [-0.2, -0.15) is 26.3 Å². The average Bonchev–Trinajstić information content (AvgIpc) is 2.96. The highest BCUT2D eigenvalue weighted by molar-refractivity contribution is 6.31. The lowest BCUT2D eigenvalue weighted by Gasteiger charge is -2.26. The number of hydrogen-bond donors (Lipinski definition) is 2. The third-order valence-corrected chi connectivity index (χ3v) is 6.66. The third kappa shape index (κ3) is 9.21. The lowest BCUT2D eigenvalue weighted by atomic mass is 10.1. The number of alkyl halides is 6. The molecule has 0 radical (unpaired) electrons. The van der Waals surface area contributed by atoms with E-state index in [9.17, 15) is 35.9 Å². The summed E-state index contributed by atoms with van der Waals surface area (Å²) in [5, 5.41) is 4.73. The first-order valence-electron chi connectivity index (χ1n) is 13.2. The first kappa shape index (κ1) is 32.8. The van der Waals surface area contributed by atoms with Crippen LogP contribution in [-0.4, -0.2) is 56.2 Å². The lowest BCUT2D eigenvalue weighted by molar-refractivity contribution is -0.138. The van der Waals surface area contributed by atoms with Gasteiger partial charge >= 0.3 is 12.4 Å². The van der Waals surface area contributed by atoms with Crippen LogP contribution in [0.4, 0.5) is 37.7 Å². The van der Waals surface area contributed by atoms with Crippen molar-refractivity contribution in [2.45, 2.75) is 12.4 Å². The Morgan fingerprint density at radius 1 is 0.841 bits per heavy atom. The van der Waals surface area contributed by atoms with Crippen molar-refractivity contribution >= 4 is 40.9 Å². The van der Waals surface area contributed by atoms with Gasteiger partial charge in [0, 0.05) is 41.6 Å². The maximum atomic E-state index is 13.4. The van der Waals surface area contributed by atoms with Gasteiger partial charge in [-0.15, -0.1) is 0 Å². The fraction of sp³-hybridized carbons (Fsp3) is 0.267. The van der Waals surface area contributed by atoms with Crippen LogP contribution in [-0.2, 0) is 26.7 Å². The fourth-order valence-electron chi connectivity index (χ4n) is 4.21. The van der Waals surface area contributed by atoms with Gasteiger partial charge in [-0.3, -0.25) is 14.5 Å². The van der Waals surface area contributed by atoms with Crippen molar-refractivity contribution in [1.82, 2.24) is 4.90 Å². The van der Waals surface area contributed by atoms with Gasteiger partial charge in [-0.25, -0.2) is 0 Å². The number of anilines is 2. The summed E-state index contributed by atoms with van der Waals surface area (Å²) in [6.45, 7) is 3.37. The van der Waals surface area contributed by atoms with E-state index in [-0.39, 0.29) is 34.3 Å². The maximum absolute atomic E-state index is 13.4. The molecule has 0 bridgehead atoms. The molecule has 2 N–H and O–H groups in total. The van der Waals surface area contributed by atoms with Gasteiger partial charge in [0.1, 0.15) is 17.9 Å². The second kappa shape index (κ2) is 14.1. The summed E-state index contributed by atoms with van der Waals surface area (Å²) in [6.07, 6.45) is -8.30. The van der Waals surface area contributed by atoms with E-state index in [4.69, 9.17) is 21.1 Å². The zero-order valence-electron chi connectivity index (χ0n) is 22.9. The van der Waals surface area contributed by atoms with Crippen molar-refractivity contribution in [3.63, 3.8) is 0 Å². The number of carbonyl (C=O) groups excluding carboxylic acids is 2. The minimum atomic E-state index is -4.70. The number of hydrogen-bond acceptors (Lipinski definition) is 5. The minimum Gasteiger partial charge on any atom is -0.492 e. The van der Waals surface area contributed by atoms with E-state index in [1.54, 1.807) is 0 Å². The fourth-order valence-corrected chi connectivity index (χ4v) is 4.39. The molecular formula is C30H26ClF6N3O4. The molecule has 1 aliphatic heterocycles. The molecule has 0 aliphatic carbocycles. The predicted octanol–water partition coefficient (Wildman–Crippen LogP) is 6.75. The van der Waals surface area contributed by atoms with Crippen LogP contribution >= 0.6 is 11.6 Å². The maximum Gasteiger partial charge on any atom is 0.416 e. The van der Waals surface area contributed by atoms with Crippen molar-refractivity contribution in [2.24, 2.45) is 0 Å². The number of carbonyl (C=O) groups is 2. The second-order valence-corrected chi connectivity index (χ2v) is 10.0. The Labute approximate surface area is 253 Å². The summed E-state index contributed by atoms with van der Waals surface area (Å²) in [4.78, 5) is 28.8. The Kier molecular flexibility index (Phi) is 10.6. The number of nitrogens with zero attached hydrogens (tertiary/aromatic N) is 1. The Bertz CT molecular complexity index is 1450. The third-order valence-electron chi connectivity index (χ3n) is 6.43. The van der Waals surface area contributed by atoms with Crippen molar-refractivity contribution in [2.75, 3.05) is 50.1 Å². The van der Waals surface area contributed by atoms with Gasteiger partial charge in [-0.1, -0.05) is 23.7 Å². The number of morpholine rings is 1. The minimum absolute atomic E-state index is 0.174. The van der Waals surface area contributed by atoms with Crippen LogP contribution < -0.4 is 15.4 Å². The molecule has 234 valence electrons. The predicted molar refractivity (Wildman–Crippen MR) is 152 cm³/mol. The Morgan fingerprint density at radius 2 is 1.39 bits per heavy atom. The molecule has 0 unspecified atom stereocenters. The number of ether oxygens (including phenoxy) is 2. The van der Waals surface area contributed by atoms with E-state index >= 15 is 0 Å². The normalized spacial score (nSPS) is 14.1. The highest BCUT2D eigenvalue weighted by Crippen LogP contribution is 2.32. The molecule has 44 heavy (non-hydrogen) atoms. The largest absolute Gasteiger partial charge is 0.492 e. The zero-order chi connectivity index (χ0) is 31.9. The van der Waals surface area contributed by atoms with E-state index in [2.05, 4.69) is 15.5 Å². The highest BCUT2D eigenvalue weighted by Gasteiger charge is 2.32. The van der Waals surface area contributed by atoms with E-state index in [0.29, 0.717) is 45.0 Å². The summed E-state index contributed by atoms with van der Waals surface area (Å²) >= 11 is 6.17. The molecule has 1 fully saturated rings. The van der Waals surface area contributed by atoms with E-state index < -0.39 is 40.9 Å². The molecule has 14 heteroatoms. The molecule has 3 aromatic carbocycles. The van der Waals surface area contributed by atoms with Crippen molar-refractivity contribution in [3.05, 3.63) is 94.0 Å². The Morgan fingerprint density at radius 3 is 1.91 bits per heavy atom. The van der Waals surface area contributed by atoms with Crippen LogP contribution in [0.2, 0.25) is 5.02 Å². The quantitative estimate of drug-likeness (QED) is 0.117. The first-order valence-corrected chi connectivity index (χ1v) is 13.6. The lowest BCUT2D eigenvalue weighted by Crippen LogP contribution is -2.38. The van der Waals surface area contributed by atoms with Crippen molar-refractivity contribution < 1.29 is 45.4 Å². The molecular weight excluding hydrogens is 616 g/mol. The summed E-state index contributed by atoms with van der Waals surface area (Å²) in [5.74, 6) is -2.03. The standard InChI is InChI=1S/C30H26ClF6N3O4/c31-22-7-8-26(44-14-11-40-9-12-43-13-10-40)19(15-22)16-25(27(41)38-23-5-1-3-20(17-23)29(32,33)34)28(42)39-24-6-2-4-21(18-24)30(35,36)37/h1-8,15-18H,9-14H2,(H,38,41)(H,39,42). The molecule has 1 saturated heterocycles. The second-order valence-electron chi connectivity index (χ2n) is 9.61. The monoisotopic (exact) mass is 641 g/mol. The van der Waals surface area contributed by atoms with Gasteiger partial charge in [-0.05, 0) is 60.7 Å². The summed E-state index contributed by atoms with van der Waals surface area (Å²) < 4.78 is 90.6. The summed E-state index contributed by atoms with van der Waals surface area (Å²) in [6, 6.07) is 11.9. The van der Waals surface area contributed by atoms with Gasteiger partial charge in [0.25, 0.3) is 11.8 Å². The molecule has 1 aliphatic rings. The van der Waals surface area contributed by atoms with Crippen LogP contribution in [0.15, 0.2) is 72.3 Å². The average molecular weight is 642 g/mol. The zero-order valence-corrected chi connectivity index (χ0v) is 23.7. The number of halogens is 7. The Balaban J connectivity index is 1.65. The van der Waals surface area contributed by atoms with Gasteiger partial charge in [0.05, 0.1) is 24.3 Å². The van der Waals surface area contributed by atoms with Gasteiger partial charge < -0.3 is 20.1 Å². The molecule has 2 amide bonds. The molecule has 3 aromatic rings. The molecule has 0 atom stereocenters. The number of benzene rings is 3. The SMILES string of the molecule is O=C(Nc1cccc(C(F)(F)F)c1)C(=Cc1cc(Cl)ccc1OCCN1CCOCC1)C(=O)Nc1cccc(C(F)(F)F)c1. The van der Waals surface area contributed by atoms with E-state index in [1.165, 1.54) is 30.3 Å². The van der Waals surface area contributed by atoms with Crippen molar-refractivity contribution in [3.8, 4) is 5.75 Å². The first-order chi connectivity index (χ1) is 20.8. The molecule has 0 aromatic heterocycles. The summed E-state index contributed by atoms with van der Waals surface area (Å²) in [7, 11) is 0. The van der Waals surface area contributed by atoms with E-state index in [1.807, 2.05) is 0 Å². The van der Waals surface area contributed by atoms with Crippen LogP contribution in [0.5, 0.6) is 5.75 Å². The number of nitrogens with one attached hydrogen (secondary N) is 2. The van der Waals surface area contributed by atoms with Crippen LogP contribution in [0.3, 0.4) is 0 Å². The number of rotatable bonds is 9. The van der Waals surface area contributed by atoms with E-state index in [0.717, 1.165) is 30.3 Å². The van der Waals surface area contributed by atoms with Crippen molar-refractivity contribution in [1.29, 1.82) is 0 Å². The van der Waals surface area contributed by atoms with Gasteiger partial charge in [0.2, 0.25) is 0 Å². The Hall–Kier alpha value is -4.07. The smallest absolute Gasteiger partial charge is 0.416 e.